The van der Waals surface area contributed by atoms with Crippen molar-refractivity contribution < 1.29 is 9.90 Å². The summed E-state index contributed by atoms with van der Waals surface area (Å²) < 4.78 is 0. The minimum absolute atomic E-state index is 0.0536. The van der Waals surface area contributed by atoms with Gasteiger partial charge in [-0.3, -0.25) is 9.69 Å². The molecule has 2 aromatic carbocycles. The zero-order valence-electron chi connectivity index (χ0n) is 13.7. The fraction of sp³-hybridized carbons (Fsp3) is 0.316. The van der Waals surface area contributed by atoms with Crippen molar-refractivity contribution in [3.63, 3.8) is 0 Å². The van der Waals surface area contributed by atoms with Crippen LogP contribution in [0.2, 0.25) is 10.0 Å². The lowest BCUT2D eigenvalue weighted by Gasteiger charge is -2.32. The highest BCUT2D eigenvalue weighted by molar-refractivity contribution is 6.31. The van der Waals surface area contributed by atoms with E-state index >= 15 is 0 Å². The summed E-state index contributed by atoms with van der Waals surface area (Å²) in [5.74, 6) is -0.335. The van der Waals surface area contributed by atoms with Crippen LogP contribution >= 0.6 is 23.2 Å². The maximum absolute atomic E-state index is 12.3. The van der Waals surface area contributed by atoms with Gasteiger partial charge in [0.15, 0.2) is 0 Å². The summed E-state index contributed by atoms with van der Waals surface area (Å²) >= 11 is 11.8. The van der Waals surface area contributed by atoms with Crippen molar-refractivity contribution in [3.05, 3.63) is 63.6 Å². The third kappa shape index (κ3) is 4.88. The summed E-state index contributed by atoms with van der Waals surface area (Å²) in [5.41, 5.74) is 1.45. The lowest BCUT2D eigenvalue weighted by atomic mass is 10.0. The summed E-state index contributed by atoms with van der Waals surface area (Å²) in [6.45, 7) is 2.71. The molecule has 0 bridgehead atoms. The molecule has 0 spiro atoms. The zero-order valence-corrected chi connectivity index (χ0v) is 15.2. The Morgan fingerprint density at radius 3 is 2.40 bits per heavy atom. The average molecular weight is 379 g/mol. The molecule has 25 heavy (non-hydrogen) atoms. The van der Waals surface area contributed by atoms with Crippen LogP contribution in [0.1, 0.15) is 28.8 Å². The molecule has 0 radical (unpaired) electrons. The Hall–Kier alpha value is -1.75. The second-order valence-corrected chi connectivity index (χ2v) is 7.18. The molecule has 1 saturated heterocycles. The van der Waals surface area contributed by atoms with Crippen molar-refractivity contribution in [1.82, 2.24) is 10.2 Å². The fourth-order valence-electron chi connectivity index (χ4n) is 3.04. The predicted octanol–water partition coefficient (Wildman–Crippen LogP) is 4.09. The molecule has 0 atom stereocenters. The van der Waals surface area contributed by atoms with Crippen LogP contribution in [0.3, 0.4) is 0 Å². The molecule has 0 unspecified atom stereocenters. The number of halogens is 2. The van der Waals surface area contributed by atoms with Crippen molar-refractivity contribution in [3.8, 4) is 5.75 Å². The van der Waals surface area contributed by atoms with Crippen LogP contribution in [0.15, 0.2) is 42.5 Å². The van der Waals surface area contributed by atoms with Crippen LogP contribution in [0, 0.1) is 0 Å². The first-order valence-electron chi connectivity index (χ1n) is 8.27. The Balaban J connectivity index is 1.51. The van der Waals surface area contributed by atoms with Crippen molar-refractivity contribution in [2.45, 2.75) is 25.4 Å². The predicted molar refractivity (Wildman–Crippen MR) is 100 cm³/mol. The number of rotatable bonds is 4. The quantitative estimate of drug-likeness (QED) is 0.841. The molecule has 4 nitrogen and oxygen atoms in total. The number of phenolic OH excluding ortho intramolecular Hbond substituents is 1. The van der Waals surface area contributed by atoms with E-state index in [1.54, 1.807) is 6.07 Å². The Labute approximate surface area is 157 Å². The first-order chi connectivity index (χ1) is 12.0. The van der Waals surface area contributed by atoms with Crippen LogP contribution in [-0.2, 0) is 6.54 Å². The van der Waals surface area contributed by atoms with Crippen LogP contribution < -0.4 is 5.32 Å². The molecule has 2 aromatic rings. The summed E-state index contributed by atoms with van der Waals surface area (Å²) in [6, 6.07) is 12.5. The molecular weight excluding hydrogens is 359 g/mol. The van der Waals surface area contributed by atoms with Crippen molar-refractivity contribution in [2.75, 3.05) is 13.1 Å². The number of carbonyl (C=O) groups excluding carboxylic acids is 1. The SMILES string of the molecule is O=C(NC1CCN(Cc2ccc(Cl)cc2)CC1)c1cc(Cl)ccc1O. The Morgan fingerprint density at radius 1 is 1.08 bits per heavy atom. The molecule has 0 aliphatic carbocycles. The van der Waals surface area contributed by atoms with Crippen molar-refractivity contribution in [1.29, 1.82) is 0 Å². The zero-order chi connectivity index (χ0) is 17.8. The fourth-order valence-corrected chi connectivity index (χ4v) is 3.33. The van der Waals surface area contributed by atoms with E-state index in [9.17, 15) is 9.90 Å². The molecule has 132 valence electrons. The van der Waals surface area contributed by atoms with Gasteiger partial charge in [-0.15, -0.1) is 0 Å². The van der Waals surface area contributed by atoms with Gasteiger partial charge in [-0.1, -0.05) is 35.3 Å². The highest BCUT2D eigenvalue weighted by Crippen LogP contribution is 2.22. The van der Waals surface area contributed by atoms with E-state index in [1.165, 1.54) is 17.7 Å². The van der Waals surface area contributed by atoms with E-state index in [2.05, 4.69) is 10.2 Å². The molecule has 1 aliphatic rings. The highest BCUT2D eigenvalue weighted by atomic mass is 35.5. The van der Waals surface area contributed by atoms with Gasteiger partial charge in [0.25, 0.3) is 5.91 Å². The Bertz CT molecular complexity index is 742. The normalized spacial score (nSPS) is 15.9. The summed E-state index contributed by atoms with van der Waals surface area (Å²) in [7, 11) is 0. The van der Waals surface area contributed by atoms with Gasteiger partial charge in [-0.05, 0) is 48.7 Å². The number of hydrogen-bond donors (Lipinski definition) is 2. The first-order valence-corrected chi connectivity index (χ1v) is 9.03. The minimum Gasteiger partial charge on any atom is -0.507 e. The molecule has 1 fully saturated rings. The van der Waals surface area contributed by atoms with Gasteiger partial charge in [0.05, 0.1) is 5.56 Å². The topological polar surface area (TPSA) is 52.6 Å². The maximum Gasteiger partial charge on any atom is 0.255 e. The summed E-state index contributed by atoms with van der Waals surface area (Å²) in [6.07, 6.45) is 1.75. The second-order valence-electron chi connectivity index (χ2n) is 6.31. The lowest BCUT2D eigenvalue weighted by Crippen LogP contribution is -2.44. The number of benzene rings is 2. The van der Waals surface area contributed by atoms with Crippen LogP contribution in [-0.4, -0.2) is 35.0 Å². The monoisotopic (exact) mass is 378 g/mol. The van der Waals surface area contributed by atoms with Crippen molar-refractivity contribution in [2.24, 2.45) is 0 Å². The van der Waals surface area contributed by atoms with Gasteiger partial charge >= 0.3 is 0 Å². The van der Waals surface area contributed by atoms with Crippen molar-refractivity contribution >= 4 is 29.1 Å². The first kappa shape index (κ1) is 18.1. The smallest absolute Gasteiger partial charge is 0.255 e. The molecular formula is C19H20Cl2N2O2. The standard InChI is InChI=1S/C19H20Cl2N2O2/c20-14-3-1-13(2-4-14)12-23-9-7-16(8-10-23)22-19(25)17-11-15(21)5-6-18(17)24/h1-6,11,16,24H,7-10,12H2,(H,22,25). The molecule has 1 aliphatic heterocycles. The number of carbonyl (C=O) groups is 1. The largest absolute Gasteiger partial charge is 0.507 e. The van der Waals surface area contributed by atoms with Crippen LogP contribution in [0.25, 0.3) is 0 Å². The number of likely N-dealkylation sites (tertiary alicyclic amines) is 1. The van der Waals surface area contributed by atoms with Gasteiger partial charge in [0.1, 0.15) is 5.75 Å². The molecule has 0 saturated carbocycles. The average Bonchev–Trinajstić information content (AvgIpc) is 2.60. The van der Waals surface area contributed by atoms with Crippen LogP contribution in [0.5, 0.6) is 5.75 Å². The number of hydrogen-bond acceptors (Lipinski definition) is 3. The van der Waals surface area contributed by atoms with E-state index in [1.807, 2.05) is 24.3 Å². The minimum atomic E-state index is -0.281. The van der Waals surface area contributed by atoms with Gasteiger partial charge in [-0.2, -0.15) is 0 Å². The van der Waals surface area contributed by atoms with Crippen LogP contribution in [0.4, 0.5) is 0 Å². The number of piperidine rings is 1. The van der Waals surface area contributed by atoms with Gasteiger partial charge in [0.2, 0.25) is 0 Å². The lowest BCUT2D eigenvalue weighted by molar-refractivity contribution is 0.0906. The maximum atomic E-state index is 12.3. The molecule has 3 rings (SSSR count). The number of phenols is 1. The van der Waals surface area contributed by atoms with Gasteiger partial charge in [-0.25, -0.2) is 0 Å². The number of nitrogens with one attached hydrogen (secondary N) is 1. The van der Waals surface area contributed by atoms with Gasteiger partial charge in [0, 0.05) is 35.7 Å². The number of nitrogens with zero attached hydrogens (tertiary/aromatic N) is 1. The Morgan fingerprint density at radius 2 is 1.72 bits per heavy atom. The number of amides is 1. The summed E-state index contributed by atoms with van der Waals surface area (Å²) in [5, 5.41) is 14.0. The van der Waals surface area contributed by atoms with Gasteiger partial charge < -0.3 is 10.4 Å². The van der Waals surface area contributed by atoms with E-state index < -0.39 is 0 Å². The van der Waals surface area contributed by atoms with E-state index in [4.69, 9.17) is 23.2 Å². The highest BCUT2D eigenvalue weighted by Gasteiger charge is 2.22. The number of aromatic hydroxyl groups is 1. The van der Waals surface area contributed by atoms with E-state index in [0.29, 0.717) is 5.02 Å². The molecule has 2 N–H and O–H groups in total. The third-order valence-corrected chi connectivity index (χ3v) is 4.93. The molecule has 6 heteroatoms. The second kappa shape index (κ2) is 8.09. The van der Waals surface area contributed by atoms with E-state index in [-0.39, 0.29) is 23.3 Å². The molecule has 1 amide bonds. The third-order valence-electron chi connectivity index (χ3n) is 4.45. The Kier molecular flexibility index (Phi) is 5.84. The van der Waals surface area contributed by atoms with E-state index in [0.717, 1.165) is 37.5 Å². The summed E-state index contributed by atoms with van der Waals surface area (Å²) in [4.78, 5) is 14.7. The molecule has 0 aromatic heterocycles. The molecule has 1 heterocycles.